The lowest BCUT2D eigenvalue weighted by Gasteiger charge is -2.15. The minimum absolute atomic E-state index is 0.159. The highest BCUT2D eigenvalue weighted by atomic mass is 16.5. The van der Waals surface area contributed by atoms with E-state index in [4.69, 9.17) is 15.7 Å². The second-order valence-electron chi connectivity index (χ2n) is 3.89. The molecule has 0 saturated heterocycles. The van der Waals surface area contributed by atoms with Crippen LogP contribution in [0.4, 0.5) is 5.69 Å². The number of nitrogens with one attached hydrogen (secondary N) is 1. The van der Waals surface area contributed by atoms with Gasteiger partial charge < -0.3 is 15.8 Å². The molecule has 1 aromatic rings. The van der Waals surface area contributed by atoms with E-state index in [1.165, 1.54) is 7.11 Å². The maximum atomic E-state index is 12.0. The number of nitrogens with two attached hydrogens (primary N) is 1. The fourth-order valence-corrected chi connectivity index (χ4v) is 1.53. The molecule has 5 nitrogen and oxygen atoms in total. The Morgan fingerprint density at radius 3 is 2.89 bits per heavy atom. The summed E-state index contributed by atoms with van der Waals surface area (Å²) in [4.78, 5) is 12.0. The third kappa shape index (κ3) is 3.39. The van der Waals surface area contributed by atoms with E-state index in [9.17, 15) is 4.79 Å². The molecule has 0 saturated carbocycles. The van der Waals surface area contributed by atoms with Crippen molar-refractivity contribution in [2.45, 2.75) is 25.8 Å². The number of anilines is 1. The quantitative estimate of drug-likeness (QED) is 0.775. The van der Waals surface area contributed by atoms with Gasteiger partial charge in [-0.25, -0.2) is 0 Å². The van der Waals surface area contributed by atoms with Crippen LogP contribution >= 0.6 is 0 Å². The van der Waals surface area contributed by atoms with Gasteiger partial charge in [-0.2, -0.15) is 5.26 Å². The van der Waals surface area contributed by atoms with E-state index in [-0.39, 0.29) is 18.4 Å². The van der Waals surface area contributed by atoms with Crippen molar-refractivity contribution in [1.29, 1.82) is 5.26 Å². The van der Waals surface area contributed by atoms with Crippen molar-refractivity contribution in [3.8, 4) is 11.8 Å². The number of nitrogen functional groups attached to an aromatic ring is 1. The predicted octanol–water partition coefficient (Wildman–Crippen LogP) is 1.70. The molecule has 0 aliphatic carbocycles. The van der Waals surface area contributed by atoms with E-state index in [2.05, 4.69) is 5.32 Å². The number of rotatable bonds is 5. The number of nitriles is 1. The van der Waals surface area contributed by atoms with Gasteiger partial charge in [0, 0.05) is 11.7 Å². The van der Waals surface area contributed by atoms with Crippen LogP contribution in [-0.4, -0.2) is 19.1 Å². The molecule has 0 spiro atoms. The first kappa shape index (κ1) is 13.8. The number of hydrogen-bond acceptors (Lipinski definition) is 4. The highest BCUT2D eigenvalue weighted by Gasteiger charge is 2.15. The van der Waals surface area contributed by atoms with Gasteiger partial charge in [-0.3, -0.25) is 4.79 Å². The van der Waals surface area contributed by atoms with Gasteiger partial charge in [-0.1, -0.05) is 6.92 Å². The predicted molar refractivity (Wildman–Crippen MR) is 69.2 cm³/mol. The lowest BCUT2D eigenvalue weighted by molar-refractivity contribution is 0.0937. The average molecular weight is 247 g/mol. The van der Waals surface area contributed by atoms with Gasteiger partial charge in [0.05, 0.1) is 25.2 Å². The molecule has 5 heteroatoms. The van der Waals surface area contributed by atoms with Crippen LogP contribution in [0.2, 0.25) is 0 Å². The summed E-state index contributed by atoms with van der Waals surface area (Å²) in [6, 6.07) is 6.79. The minimum Gasteiger partial charge on any atom is -0.497 e. The van der Waals surface area contributed by atoms with E-state index >= 15 is 0 Å². The lowest BCUT2D eigenvalue weighted by atomic mass is 10.1. The number of methoxy groups -OCH3 is 1. The first-order chi connectivity index (χ1) is 8.62. The molecule has 1 amide bonds. The standard InChI is InChI=1S/C13H17N3O2/c1-3-9(6-7-14)16-13(17)11-8-10(18-2)4-5-12(11)15/h4-5,8-9H,3,6,15H2,1-2H3,(H,16,17). The molecule has 3 N–H and O–H groups in total. The Balaban J connectivity index is 2.86. The molecule has 0 aliphatic heterocycles. The number of carbonyl (C=O) groups excluding carboxylic acids is 1. The van der Waals surface area contributed by atoms with Crippen molar-refractivity contribution in [3.63, 3.8) is 0 Å². The van der Waals surface area contributed by atoms with E-state index in [0.29, 0.717) is 23.4 Å². The number of nitrogens with zero attached hydrogens (tertiary/aromatic N) is 1. The molecule has 96 valence electrons. The molecule has 1 rings (SSSR count). The van der Waals surface area contributed by atoms with E-state index in [0.717, 1.165) is 0 Å². The largest absolute Gasteiger partial charge is 0.497 e. The Labute approximate surface area is 107 Å². The van der Waals surface area contributed by atoms with Crippen molar-refractivity contribution in [3.05, 3.63) is 23.8 Å². The monoisotopic (exact) mass is 247 g/mol. The van der Waals surface area contributed by atoms with Gasteiger partial charge in [-0.05, 0) is 24.6 Å². The van der Waals surface area contributed by atoms with Gasteiger partial charge >= 0.3 is 0 Å². The molecule has 0 aliphatic rings. The van der Waals surface area contributed by atoms with Crippen LogP contribution < -0.4 is 15.8 Å². The fraction of sp³-hybridized carbons (Fsp3) is 0.385. The summed E-state index contributed by atoms with van der Waals surface area (Å²) in [5.41, 5.74) is 6.51. The van der Waals surface area contributed by atoms with Crippen molar-refractivity contribution in [1.82, 2.24) is 5.32 Å². The molecule has 0 radical (unpaired) electrons. The topological polar surface area (TPSA) is 88.1 Å². The summed E-state index contributed by atoms with van der Waals surface area (Å²) in [6.45, 7) is 1.91. The molecular formula is C13H17N3O2. The number of ether oxygens (including phenoxy) is 1. The van der Waals surface area contributed by atoms with E-state index in [1.54, 1.807) is 18.2 Å². The molecule has 0 heterocycles. The zero-order chi connectivity index (χ0) is 13.5. The molecule has 0 fully saturated rings. The van der Waals surface area contributed by atoms with Crippen LogP contribution in [-0.2, 0) is 0 Å². The Hall–Kier alpha value is -2.22. The Morgan fingerprint density at radius 2 is 2.33 bits per heavy atom. The summed E-state index contributed by atoms with van der Waals surface area (Å²) in [6.07, 6.45) is 0.981. The van der Waals surface area contributed by atoms with Crippen LogP contribution in [0.25, 0.3) is 0 Å². The summed E-state index contributed by atoms with van der Waals surface area (Å²) >= 11 is 0. The maximum absolute atomic E-state index is 12.0. The van der Waals surface area contributed by atoms with Crippen molar-refractivity contribution < 1.29 is 9.53 Å². The Kier molecular flexibility index (Phi) is 5.00. The lowest BCUT2D eigenvalue weighted by Crippen LogP contribution is -2.34. The smallest absolute Gasteiger partial charge is 0.253 e. The number of hydrogen-bond donors (Lipinski definition) is 2. The van der Waals surface area contributed by atoms with Crippen molar-refractivity contribution in [2.75, 3.05) is 12.8 Å². The van der Waals surface area contributed by atoms with Crippen LogP contribution in [0.3, 0.4) is 0 Å². The molecule has 1 aromatic carbocycles. The van der Waals surface area contributed by atoms with Crippen LogP contribution in [0.5, 0.6) is 5.75 Å². The highest BCUT2D eigenvalue weighted by molar-refractivity contribution is 5.99. The number of benzene rings is 1. The molecule has 1 atom stereocenters. The normalized spacial score (nSPS) is 11.4. The van der Waals surface area contributed by atoms with Gasteiger partial charge in [0.1, 0.15) is 5.75 Å². The van der Waals surface area contributed by atoms with Crippen LogP contribution in [0, 0.1) is 11.3 Å². The summed E-state index contributed by atoms with van der Waals surface area (Å²) < 4.78 is 5.05. The second kappa shape index (κ2) is 6.50. The molecule has 0 bridgehead atoms. The van der Waals surface area contributed by atoms with E-state index < -0.39 is 0 Å². The van der Waals surface area contributed by atoms with Gasteiger partial charge in [-0.15, -0.1) is 0 Å². The SMILES string of the molecule is CCC(CC#N)NC(=O)c1cc(OC)ccc1N. The second-order valence-corrected chi connectivity index (χ2v) is 3.89. The van der Waals surface area contributed by atoms with Gasteiger partial charge in [0.25, 0.3) is 5.91 Å². The summed E-state index contributed by atoms with van der Waals surface area (Å²) in [5, 5.41) is 11.4. The number of amides is 1. The average Bonchev–Trinajstić information content (AvgIpc) is 2.38. The Morgan fingerprint density at radius 1 is 1.61 bits per heavy atom. The van der Waals surface area contributed by atoms with E-state index in [1.807, 2.05) is 13.0 Å². The zero-order valence-electron chi connectivity index (χ0n) is 10.6. The van der Waals surface area contributed by atoms with Crippen LogP contribution in [0.15, 0.2) is 18.2 Å². The van der Waals surface area contributed by atoms with Crippen molar-refractivity contribution in [2.24, 2.45) is 0 Å². The van der Waals surface area contributed by atoms with Gasteiger partial charge in [0.15, 0.2) is 0 Å². The molecule has 1 unspecified atom stereocenters. The third-order valence-electron chi connectivity index (χ3n) is 2.67. The first-order valence-electron chi connectivity index (χ1n) is 5.73. The van der Waals surface area contributed by atoms with Crippen molar-refractivity contribution >= 4 is 11.6 Å². The third-order valence-corrected chi connectivity index (χ3v) is 2.67. The highest BCUT2D eigenvalue weighted by Crippen LogP contribution is 2.19. The van der Waals surface area contributed by atoms with Crippen LogP contribution in [0.1, 0.15) is 30.1 Å². The summed E-state index contributed by atoms with van der Waals surface area (Å²) in [7, 11) is 1.53. The fourth-order valence-electron chi connectivity index (χ4n) is 1.53. The minimum atomic E-state index is -0.284. The maximum Gasteiger partial charge on any atom is 0.253 e. The first-order valence-corrected chi connectivity index (χ1v) is 5.73. The summed E-state index contributed by atoms with van der Waals surface area (Å²) in [5.74, 6) is 0.288. The zero-order valence-corrected chi connectivity index (χ0v) is 10.6. The molecular weight excluding hydrogens is 230 g/mol. The molecule has 0 aromatic heterocycles. The number of carbonyl (C=O) groups is 1. The Bertz CT molecular complexity index is 466. The molecule has 18 heavy (non-hydrogen) atoms. The van der Waals surface area contributed by atoms with Gasteiger partial charge in [0.2, 0.25) is 0 Å².